The number of carboxylic acid groups (broad SMARTS) is 1. The van der Waals surface area contributed by atoms with Gasteiger partial charge in [0, 0.05) is 25.7 Å². The fraction of sp³-hybridized carbons (Fsp3) is 0.619. The van der Waals surface area contributed by atoms with E-state index >= 15 is 0 Å². The summed E-state index contributed by atoms with van der Waals surface area (Å²) < 4.78 is 0. The van der Waals surface area contributed by atoms with Crippen LogP contribution < -0.4 is 5.43 Å². The minimum atomic E-state index is -1.07. The average Bonchev–Trinajstić information content (AvgIpc) is 3.19. The SMILES string of the molecule is CC(C)C[C@@H](C=O)N(N[C@H]1CC[C@@H]2CN(Cc3ccccc3)C[C@@H]21)C(=O)O. The molecule has 6 heteroatoms. The van der Waals surface area contributed by atoms with Gasteiger partial charge in [0.15, 0.2) is 0 Å². The highest BCUT2D eigenvalue weighted by molar-refractivity contribution is 5.71. The van der Waals surface area contributed by atoms with Gasteiger partial charge in [0.05, 0.1) is 0 Å². The molecule has 0 aromatic heterocycles. The van der Waals surface area contributed by atoms with Crippen molar-refractivity contribution in [3.63, 3.8) is 0 Å². The first kappa shape index (κ1) is 19.8. The lowest BCUT2D eigenvalue weighted by Crippen LogP contribution is -2.55. The largest absolute Gasteiger partial charge is 0.464 e. The van der Waals surface area contributed by atoms with Gasteiger partial charge in [-0.2, -0.15) is 0 Å². The number of nitrogens with one attached hydrogen (secondary N) is 1. The summed E-state index contributed by atoms with van der Waals surface area (Å²) in [5, 5.41) is 10.8. The van der Waals surface area contributed by atoms with Gasteiger partial charge in [0.25, 0.3) is 0 Å². The highest BCUT2D eigenvalue weighted by Gasteiger charge is 2.44. The first-order valence-corrected chi connectivity index (χ1v) is 9.97. The van der Waals surface area contributed by atoms with Gasteiger partial charge >= 0.3 is 6.09 Å². The van der Waals surface area contributed by atoms with Crippen LogP contribution in [0.5, 0.6) is 0 Å². The number of hydrazine groups is 1. The van der Waals surface area contributed by atoms with Crippen molar-refractivity contribution in [1.29, 1.82) is 0 Å². The van der Waals surface area contributed by atoms with Gasteiger partial charge in [-0.1, -0.05) is 44.2 Å². The molecule has 27 heavy (non-hydrogen) atoms. The van der Waals surface area contributed by atoms with Crippen LogP contribution in [-0.4, -0.2) is 52.6 Å². The molecule has 2 N–H and O–H groups in total. The molecule has 0 unspecified atom stereocenters. The summed E-state index contributed by atoms with van der Waals surface area (Å²) in [6.07, 6.45) is 2.28. The second-order valence-corrected chi connectivity index (χ2v) is 8.40. The molecule has 4 atom stereocenters. The number of nitrogens with zero attached hydrogens (tertiary/aromatic N) is 2. The summed E-state index contributed by atoms with van der Waals surface area (Å²) in [4.78, 5) is 25.7. The zero-order valence-electron chi connectivity index (χ0n) is 16.3. The smallest absolute Gasteiger partial charge is 0.422 e. The highest BCUT2D eigenvalue weighted by atomic mass is 16.4. The van der Waals surface area contributed by atoms with Crippen LogP contribution in [0.3, 0.4) is 0 Å². The summed E-state index contributed by atoms with van der Waals surface area (Å²) in [6, 6.07) is 9.94. The Labute approximate surface area is 161 Å². The first-order chi connectivity index (χ1) is 13.0. The Balaban J connectivity index is 1.62. The third-order valence-electron chi connectivity index (χ3n) is 5.89. The number of hydrogen-bond donors (Lipinski definition) is 2. The average molecular weight is 373 g/mol. The van der Waals surface area contributed by atoms with E-state index in [2.05, 4.69) is 34.6 Å². The van der Waals surface area contributed by atoms with Crippen LogP contribution in [0.1, 0.15) is 38.7 Å². The number of amides is 1. The Morgan fingerprint density at radius 2 is 2.04 bits per heavy atom. The van der Waals surface area contributed by atoms with Gasteiger partial charge in [0.2, 0.25) is 0 Å². The van der Waals surface area contributed by atoms with Crippen molar-refractivity contribution in [2.75, 3.05) is 13.1 Å². The molecule has 2 aliphatic rings. The minimum Gasteiger partial charge on any atom is -0.464 e. The third kappa shape index (κ3) is 4.87. The standard InChI is InChI=1S/C21H31N3O3/c1-15(2)10-18(14-25)24(21(26)27)22-20-9-8-17-12-23(13-19(17)20)11-16-6-4-3-5-7-16/h3-7,14-15,17-20,22H,8-13H2,1-2H3,(H,26,27)/t17-,18+,19+,20+/m1/s1. The van der Waals surface area contributed by atoms with Crippen molar-refractivity contribution >= 4 is 12.4 Å². The number of aldehydes is 1. The van der Waals surface area contributed by atoms with Crippen LogP contribution in [0, 0.1) is 17.8 Å². The summed E-state index contributed by atoms with van der Waals surface area (Å²) in [7, 11) is 0. The monoisotopic (exact) mass is 373 g/mol. The van der Waals surface area contributed by atoms with Crippen LogP contribution in [0.2, 0.25) is 0 Å². The minimum absolute atomic E-state index is 0.112. The fourth-order valence-electron chi connectivity index (χ4n) is 4.66. The van der Waals surface area contributed by atoms with E-state index in [0.717, 1.165) is 43.8 Å². The second kappa shape index (κ2) is 8.85. The van der Waals surface area contributed by atoms with Crippen LogP contribution in [0.4, 0.5) is 4.79 Å². The van der Waals surface area contributed by atoms with Gasteiger partial charge in [-0.3, -0.25) is 4.90 Å². The van der Waals surface area contributed by atoms with Gasteiger partial charge in [0.1, 0.15) is 12.3 Å². The number of benzene rings is 1. The lowest BCUT2D eigenvalue weighted by molar-refractivity contribution is -0.113. The predicted molar refractivity (Wildman–Crippen MR) is 104 cm³/mol. The van der Waals surface area contributed by atoms with Gasteiger partial charge < -0.3 is 9.90 Å². The van der Waals surface area contributed by atoms with E-state index in [1.807, 2.05) is 19.9 Å². The first-order valence-electron chi connectivity index (χ1n) is 9.97. The van der Waals surface area contributed by atoms with Crippen molar-refractivity contribution < 1.29 is 14.7 Å². The summed E-state index contributed by atoms with van der Waals surface area (Å²) in [5.41, 5.74) is 4.52. The molecular weight excluding hydrogens is 342 g/mol. The molecule has 1 aliphatic carbocycles. The zero-order valence-corrected chi connectivity index (χ0v) is 16.3. The molecule has 148 valence electrons. The number of hydrogen-bond acceptors (Lipinski definition) is 4. The van der Waals surface area contributed by atoms with Crippen molar-refractivity contribution in [3.8, 4) is 0 Å². The summed E-state index contributed by atoms with van der Waals surface area (Å²) >= 11 is 0. The lowest BCUT2D eigenvalue weighted by atomic mass is 9.98. The molecule has 1 amide bonds. The normalized spacial score (nSPS) is 26.1. The Bertz CT molecular complexity index is 637. The highest BCUT2D eigenvalue weighted by Crippen LogP contribution is 2.39. The second-order valence-electron chi connectivity index (χ2n) is 8.40. The van der Waals surface area contributed by atoms with Gasteiger partial charge in [-0.05, 0) is 42.6 Å². The molecular formula is C21H31N3O3. The number of rotatable bonds is 8. The number of fused-ring (bicyclic) bond motifs is 1. The molecule has 1 saturated heterocycles. The Hall–Kier alpha value is -1.92. The number of carbonyl (C=O) groups excluding carboxylic acids is 1. The van der Waals surface area contributed by atoms with Crippen LogP contribution in [0.15, 0.2) is 30.3 Å². The van der Waals surface area contributed by atoms with E-state index in [9.17, 15) is 14.7 Å². The maximum atomic E-state index is 11.8. The summed E-state index contributed by atoms with van der Waals surface area (Å²) in [6.45, 7) is 6.98. The predicted octanol–water partition coefficient (Wildman–Crippen LogP) is 3.00. The van der Waals surface area contributed by atoms with E-state index in [4.69, 9.17) is 0 Å². The Morgan fingerprint density at radius 3 is 2.67 bits per heavy atom. The van der Waals surface area contributed by atoms with E-state index in [-0.39, 0.29) is 12.0 Å². The van der Waals surface area contributed by atoms with E-state index < -0.39 is 12.1 Å². The van der Waals surface area contributed by atoms with Crippen molar-refractivity contribution in [2.24, 2.45) is 17.8 Å². The van der Waals surface area contributed by atoms with Crippen LogP contribution >= 0.6 is 0 Å². The zero-order chi connectivity index (χ0) is 19.4. The van der Waals surface area contributed by atoms with Crippen LogP contribution in [-0.2, 0) is 11.3 Å². The maximum absolute atomic E-state index is 11.8. The fourth-order valence-corrected chi connectivity index (χ4v) is 4.66. The van der Waals surface area contributed by atoms with E-state index in [1.165, 1.54) is 5.56 Å². The maximum Gasteiger partial charge on any atom is 0.422 e. The summed E-state index contributed by atoms with van der Waals surface area (Å²) in [5.74, 6) is 1.29. The van der Waals surface area contributed by atoms with Crippen molar-refractivity contribution in [1.82, 2.24) is 15.3 Å². The quantitative estimate of drug-likeness (QED) is 0.541. The molecule has 1 heterocycles. The van der Waals surface area contributed by atoms with Crippen molar-refractivity contribution in [3.05, 3.63) is 35.9 Å². The third-order valence-corrected chi connectivity index (χ3v) is 5.89. The molecule has 0 radical (unpaired) electrons. The Morgan fingerprint density at radius 1 is 1.30 bits per heavy atom. The molecule has 0 bridgehead atoms. The molecule has 1 aliphatic heterocycles. The molecule has 1 aromatic rings. The van der Waals surface area contributed by atoms with Crippen LogP contribution in [0.25, 0.3) is 0 Å². The van der Waals surface area contributed by atoms with E-state index in [0.29, 0.717) is 18.3 Å². The van der Waals surface area contributed by atoms with Gasteiger partial charge in [-0.15, -0.1) is 0 Å². The molecule has 2 fully saturated rings. The van der Waals surface area contributed by atoms with Crippen molar-refractivity contribution in [2.45, 2.75) is 51.7 Å². The Kier molecular flexibility index (Phi) is 6.50. The molecule has 3 rings (SSSR count). The lowest BCUT2D eigenvalue weighted by Gasteiger charge is -2.32. The topological polar surface area (TPSA) is 72.9 Å². The number of likely N-dealkylation sites (tertiary alicyclic amines) is 1. The molecule has 0 spiro atoms. The number of carbonyl (C=O) groups is 2. The van der Waals surface area contributed by atoms with Gasteiger partial charge in [-0.25, -0.2) is 15.2 Å². The molecule has 6 nitrogen and oxygen atoms in total. The molecule has 1 aromatic carbocycles. The molecule has 1 saturated carbocycles. The van der Waals surface area contributed by atoms with E-state index in [1.54, 1.807) is 0 Å².